The Kier molecular flexibility index (Phi) is 3.70. The second kappa shape index (κ2) is 4.58. The predicted octanol–water partition coefficient (Wildman–Crippen LogP) is 3.33. The minimum atomic E-state index is 0.0486. The summed E-state index contributed by atoms with van der Waals surface area (Å²) in [5.41, 5.74) is 8.34. The van der Waals surface area contributed by atoms with Gasteiger partial charge in [0.15, 0.2) is 0 Å². The van der Waals surface area contributed by atoms with Crippen molar-refractivity contribution in [1.82, 2.24) is 0 Å². The fourth-order valence-electron chi connectivity index (χ4n) is 1.24. The van der Waals surface area contributed by atoms with Gasteiger partial charge in [0.25, 0.3) is 0 Å². The highest BCUT2D eigenvalue weighted by Crippen LogP contribution is 2.25. The maximum atomic E-state index is 5.96. The minimum Gasteiger partial charge on any atom is -0.324 e. The van der Waals surface area contributed by atoms with Gasteiger partial charge in [-0.3, -0.25) is 0 Å². The maximum Gasteiger partial charge on any atom is 0.0340 e. The van der Waals surface area contributed by atoms with Gasteiger partial charge in [0.05, 0.1) is 0 Å². The van der Waals surface area contributed by atoms with Crippen LogP contribution in [0.2, 0.25) is 0 Å². The molecular formula is C11H14BrN. The number of hydrogen-bond acceptors (Lipinski definition) is 1. The molecule has 1 aromatic rings. The van der Waals surface area contributed by atoms with Gasteiger partial charge in [0, 0.05) is 10.5 Å². The van der Waals surface area contributed by atoms with Gasteiger partial charge in [0.1, 0.15) is 0 Å². The summed E-state index contributed by atoms with van der Waals surface area (Å²) in [5, 5.41) is 0. The van der Waals surface area contributed by atoms with Crippen LogP contribution >= 0.6 is 15.9 Å². The van der Waals surface area contributed by atoms with Crippen molar-refractivity contribution < 1.29 is 0 Å². The van der Waals surface area contributed by atoms with E-state index < -0.39 is 0 Å². The molecule has 0 saturated carbocycles. The Morgan fingerprint density at radius 2 is 2.31 bits per heavy atom. The summed E-state index contributed by atoms with van der Waals surface area (Å²) in [4.78, 5) is 0. The zero-order valence-electron chi connectivity index (χ0n) is 7.76. The molecule has 1 rings (SSSR count). The van der Waals surface area contributed by atoms with Gasteiger partial charge in [-0.05, 0) is 30.5 Å². The Morgan fingerprint density at radius 1 is 1.62 bits per heavy atom. The van der Waals surface area contributed by atoms with E-state index in [1.807, 2.05) is 6.08 Å². The first-order valence-electron chi connectivity index (χ1n) is 4.27. The first-order valence-corrected chi connectivity index (χ1v) is 5.07. The lowest BCUT2D eigenvalue weighted by atomic mass is 10.0. The molecule has 2 heteroatoms. The van der Waals surface area contributed by atoms with E-state index in [0.29, 0.717) is 0 Å². The van der Waals surface area contributed by atoms with E-state index in [-0.39, 0.29) is 6.04 Å². The lowest BCUT2D eigenvalue weighted by molar-refractivity contribution is 0.737. The Morgan fingerprint density at radius 3 is 2.85 bits per heavy atom. The molecule has 2 N–H and O–H groups in total. The molecule has 0 aliphatic rings. The molecule has 0 fully saturated rings. The van der Waals surface area contributed by atoms with E-state index in [2.05, 4.69) is 47.6 Å². The number of nitrogens with two attached hydrogens (primary N) is 1. The molecule has 70 valence electrons. The number of aryl methyl sites for hydroxylation is 1. The second-order valence-corrected chi connectivity index (χ2v) is 4.01. The van der Waals surface area contributed by atoms with Crippen LogP contribution in [0.3, 0.4) is 0 Å². The number of halogens is 1. The summed E-state index contributed by atoms with van der Waals surface area (Å²) >= 11 is 3.50. The molecule has 0 amide bonds. The summed E-state index contributed by atoms with van der Waals surface area (Å²) in [7, 11) is 0. The van der Waals surface area contributed by atoms with E-state index in [1.165, 1.54) is 5.56 Å². The van der Waals surface area contributed by atoms with Crippen LogP contribution in [0, 0.1) is 6.92 Å². The third-order valence-electron chi connectivity index (χ3n) is 1.98. The summed E-state index contributed by atoms with van der Waals surface area (Å²) in [6.07, 6.45) is 2.65. The average molecular weight is 240 g/mol. The van der Waals surface area contributed by atoms with Gasteiger partial charge in [0.2, 0.25) is 0 Å². The Hall–Kier alpha value is -0.600. The van der Waals surface area contributed by atoms with Crippen molar-refractivity contribution in [2.75, 3.05) is 0 Å². The van der Waals surface area contributed by atoms with Gasteiger partial charge in [-0.1, -0.05) is 34.1 Å². The van der Waals surface area contributed by atoms with Gasteiger partial charge >= 0.3 is 0 Å². The van der Waals surface area contributed by atoms with Gasteiger partial charge in [-0.2, -0.15) is 0 Å². The molecule has 0 heterocycles. The van der Waals surface area contributed by atoms with Crippen LogP contribution in [0.25, 0.3) is 0 Å². The van der Waals surface area contributed by atoms with Gasteiger partial charge < -0.3 is 5.73 Å². The minimum absolute atomic E-state index is 0.0486. The normalized spacial score (nSPS) is 12.5. The zero-order chi connectivity index (χ0) is 9.84. The van der Waals surface area contributed by atoms with Crippen LogP contribution in [-0.4, -0.2) is 0 Å². The SMILES string of the molecule is C=CC[C@H](N)c1ccc(C)cc1Br. The van der Waals surface area contributed by atoms with Crippen molar-refractivity contribution in [2.24, 2.45) is 5.73 Å². The van der Waals surface area contributed by atoms with Gasteiger partial charge in [-0.15, -0.1) is 6.58 Å². The van der Waals surface area contributed by atoms with Crippen molar-refractivity contribution in [1.29, 1.82) is 0 Å². The molecule has 0 bridgehead atoms. The summed E-state index contributed by atoms with van der Waals surface area (Å²) < 4.78 is 1.09. The smallest absolute Gasteiger partial charge is 0.0340 e. The average Bonchev–Trinajstić information content (AvgIpc) is 2.04. The van der Waals surface area contributed by atoms with Crippen molar-refractivity contribution in [3.8, 4) is 0 Å². The van der Waals surface area contributed by atoms with Crippen LogP contribution in [0.4, 0.5) is 0 Å². The Bertz CT molecular complexity index is 307. The Labute approximate surface area is 87.8 Å². The molecular weight excluding hydrogens is 226 g/mol. The summed E-state index contributed by atoms with van der Waals surface area (Å²) in [6, 6.07) is 6.27. The molecule has 13 heavy (non-hydrogen) atoms. The van der Waals surface area contributed by atoms with Crippen LogP contribution in [0.5, 0.6) is 0 Å². The number of rotatable bonds is 3. The molecule has 0 spiro atoms. The van der Waals surface area contributed by atoms with Crippen molar-refractivity contribution in [2.45, 2.75) is 19.4 Å². The molecule has 0 aliphatic heterocycles. The number of benzene rings is 1. The fraction of sp³-hybridized carbons (Fsp3) is 0.273. The van der Waals surface area contributed by atoms with Crippen LogP contribution in [-0.2, 0) is 0 Å². The topological polar surface area (TPSA) is 26.0 Å². The highest BCUT2D eigenvalue weighted by molar-refractivity contribution is 9.10. The van der Waals surface area contributed by atoms with Crippen molar-refractivity contribution >= 4 is 15.9 Å². The second-order valence-electron chi connectivity index (χ2n) is 3.16. The molecule has 1 atom stereocenters. The van der Waals surface area contributed by atoms with E-state index in [9.17, 15) is 0 Å². The molecule has 0 aliphatic carbocycles. The lowest BCUT2D eigenvalue weighted by Crippen LogP contribution is -2.09. The lowest BCUT2D eigenvalue weighted by Gasteiger charge is -2.11. The standard InChI is InChI=1S/C11H14BrN/c1-3-4-11(13)9-6-5-8(2)7-10(9)12/h3,5-7,11H,1,4,13H2,2H3/t11-/m0/s1. The summed E-state index contributed by atoms with van der Waals surface area (Å²) in [6.45, 7) is 5.74. The maximum absolute atomic E-state index is 5.96. The molecule has 0 radical (unpaired) electrons. The van der Waals surface area contributed by atoms with Crippen LogP contribution < -0.4 is 5.73 Å². The molecule has 1 aromatic carbocycles. The third kappa shape index (κ3) is 2.68. The molecule has 0 unspecified atom stereocenters. The predicted molar refractivity (Wildman–Crippen MR) is 60.6 cm³/mol. The van der Waals surface area contributed by atoms with Crippen LogP contribution in [0.15, 0.2) is 35.3 Å². The van der Waals surface area contributed by atoms with E-state index >= 15 is 0 Å². The van der Waals surface area contributed by atoms with E-state index in [0.717, 1.165) is 16.5 Å². The van der Waals surface area contributed by atoms with Crippen molar-refractivity contribution in [3.05, 3.63) is 46.5 Å². The molecule has 0 saturated heterocycles. The highest BCUT2D eigenvalue weighted by atomic mass is 79.9. The molecule has 0 aromatic heterocycles. The third-order valence-corrected chi connectivity index (χ3v) is 2.66. The van der Waals surface area contributed by atoms with E-state index in [4.69, 9.17) is 5.73 Å². The van der Waals surface area contributed by atoms with Crippen molar-refractivity contribution in [3.63, 3.8) is 0 Å². The fourth-order valence-corrected chi connectivity index (χ4v) is 2.03. The Balaban J connectivity index is 2.94. The number of hydrogen-bond donors (Lipinski definition) is 1. The van der Waals surface area contributed by atoms with E-state index in [1.54, 1.807) is 0 Å². The summed E-state index contributed by atoms with van der Waals surface area (Å²) in [5.74, 6) is 0. The van der Waals surface area contributed by atoms with Crippen LogP contribution in [0.1, 0.15) is 23.6 Å². The first-order chi connectivity index (χ1) is 6.15. The quantitative estimate of drug-likeness (QED) is 0.805. The highest BCUT2D eigenvalue weighted by Gasteiger charge is 2.07. The van der Waals surface area contributed by atoms with Gasteiger partial charge in [-0.25, -0.2) is 0 Å². The largest absolute Gasteiger partial charge is 0.324 e. The zero-order valence-corrected chi connectivity index (χ0v) is 9.34. The molecule has 1 nitrogen and oxygen atoms in total. The monoisotopic (exact) mass is 239 g/mol. The first kappa shape index (κ1) is 10.5.